The molecule has 0 saturated carbocycles. The van der Waals surface area contributed by atoms with Crippen molar-refractivity contribution in [1.82, 2.24) is 10.1 Å². The van der Waals surface area contributed by atoms with E-state index in [1.807, 2.05) is 0 Å². The third-order valence-corrected chi connectivity index (χ3v) is 3.79. The summed E-state index contributed by atoms with van der Waals surface area (Å²) >= 11 is 0. The van der Waals surface area contributed by atoms with Gasteiger partial charge in [0, 0.05) is 0 Å². The van der Waals surface area contributed by atoms with Gasteiger partial charge >= 0.3 is 5.82 Å². The fourth-order valence-corrected chi connectivity index (χ4v) is 2.65. The number of hydrogen-bond donors (Lipinski definition) is 4. The monoisotopic (exact) mass is 282 g/mol. The molecule has 0 bridgehead atoms. The molecule has 0 radical (unpaired) electrons. The third kappa shape index (κ3) is 1.71. The zero-order valence-electron chi connectivity index (χ0n) is 10.8. The molecule has 3 rings (SSSR count). The fraction of sp³-hybridized carbons (Fsp3) is 0.636. The summed E-state index contributed by atoms with van der Waals surface area (Å²) in [7, 11) is 0. The van der Waals surface area contributed by atoms with E-state index in [1.54, 1.807) is 0 Å². The van der Waals surface area contributed by atoms with E-state index in [9.17, 15) is 15.3 Å². The lowest BCUT2D eigenvalue weighted by atomic mass is 9.89. The van der Waals surface area contributed by atoms with Crippen LogP contribution in [0.3, 0.4) is 0 Å². The molecule has 20 heavy (non-hydrogen) atoms. The van der Waals surface area contributed by atoms with Gasteiger partial charge in [0.1, 0.15) is 23.9 Å². The molecule has 9 nitrogen and oxygen atoms in total. The Morgan fingerprint density at radius 1 is 1.55 bits per heavy atom. The van der Waals surface area contributed by atoms with Gasteiger partial charge in [-0.15, -0.1) is 4.68 Å². The molecule has 9 heteroatoms. The van der Waals surface area contributed by atoms with Crippen LogP contribution in [0.15, 0.2) is 11.3 Å². The number of aliphatic hydroxyl groups excluding tert-OH is 2. The first-order chi connectivity index (χ1) is 9.46. The second kappa shape index (κ2) is 4.42. The van der Waals surface area contributed by atoms with Crippen LogP contribution in [0.25, 0.3) is 0 Å². The molecule has 2 aliphatic rings. The van der Waals surface area contributed by atoms with E-state index in [0.29, 0.717) is 5.82 Å². The molecule has 0 aromatic carbocycles. The molecule has 1 unspecified atom stereocenters. The van der Waals surface area contributed by atoms with Gasteiger partial charge in [-0.1, -0.05) is 5.10 Å². The number of fused-ring (bicyclic) bond motifs is 1. The summed E-state index contributed by atoms with van der Waals surface area (Å²) in [5, 5.41) is 33.7. The van der Waals surface area contributed by atoms with E-state index < -0.39 is 30.0 Å². The second-order valence-corrected chi connectivity index (χ2v) is 5.13. The molecule has 0 amide bonds. The lowest BCUT2D eigenvalue weighted by Gasteiger charge is -2.27. The maximum Gasteiger partial charge on any atom is 0.386 e. The molecule has 1 aromatic rings. The number of aliphatic hydroxyl groups is 3. The van der Waals surface area contributed by atoms with Gasteiger partial charge in [-0.2, -0.15) is 0 Å². The number of ether oxygens (including phenoxy) is 1. The third-order valence-electron chi connectivity index (χ3n) is 3.79. The Morgan fingerprint density at radius 3 is 2.95 bits per heavy atom. The van der Waals surface area contributed by atoms with Crippen molar-refractivity contribution < 1.29 is 24.7 Å². The number of nitrogen functional groups attached to an aromatic ring is 1. The summed E-state index contributed by atoms with van der Waals surface area (Å²) in [5.74, 6) is 0.592. The summed E-state index contributed by atoms with van der Waals surface area (Å²) in [5.41, 5.74) is 4.16. The Bertz CT molecular complexity index is 564. The van der Waals surface area contributed by atoms with Crippen molar-refractivity contribution >= 4 is 17.9 Å². The highest BCUT2D eigenvalue weighted by atomic mass is 16.6. The van der Waals surface area contributed by atoms with Crippen molar-refractivity contribution in [3.8, 4) is 0 Å². The van der Waals surface area contributed by atoms with Gasteiger partial charge in [0.15, 0.2) is 12.5 Å². The number of aliphatic imine (C=N–C) groups is 1. The highest BCUT2D eigenvalue weighted by molar-refractivity contribution is 5.70. The van der Waals surface area contributed by atoms with Crippen LogP contribution in [-0.2, 0) is 4.74 Å². The maximum atomic E-state index is 10.4. The average Bonchev–Trinajstić information content (AvgIpc) is 2.92. The minimum Gasteiger partial charge on any atom is -0.394 e. The number of aromatic nitrogens is 3. The van der Waals surface area contributed by atoms with Crippen molar-refractivity contribution in [2.24, 2.45) is 4.99 Å². The van der Waals surface area contributed by atoms with Crippen LogP contribution in [-0.4, -0.2) is 62.1 Å². The van der Waals surface area contributed by atoms with E-state index >= 15 is 0 Å². The molecule has 5 N–H and O–H groups in total. The van der Waals surface area contributed by atoms with Crippen LogP contribution in [0.4, 0.5) is 11.6 Å². The standard InChI is InChI=1S/C11H16N5O4/c1-11(19)7(18)6(3-17)20-8(11)5-2-13-10-9(12)14-4-15-16(5)10/h2,4-8,17-19H,3H2,1H3,(H2,12,14,15)/q+1/t5?,6-,7-,8+,11-/m1/s1. The van der Waals surface area contributed by atoms with E-state index in [2.05, 4.69) is 15.1 Å². The highest BCUT2D eigenvalue weighted by Crippen LogP contribution is 2.36. The first-order valence-electron chi connectivity index (χ1n) is 6.20. The maximum absolute atomic E-state index is 10.4. The Morgan fingerprint density at radius 2 is 2.30 bits per heavy atom. The first kappa shape index (κ1) is 13.3. The predicted molar refractivity (Wildman–Crippen MR) is 66.2 cm³/mol. The smallest absolute Gasteiger partial charge is 0.386 e. The zero-order valence-corrected chi connectivity index (χ0v) is 10.8. The number of rotatable bonds is 2. The first-order valence-corrected chi connectivity index (χ1v) is 6.20. The summed E-state index contributed by atoms with van der Waals surface area (Å²) in [6.45, 7) is 1.07. The second-order valence-electron chi connectivity index (χ2n) is 5.13. The lowest BCUT2D eigenvalue weighted by molar-refractivity contribution is -0.753. The largest absolute Gasteiger partial charge is 0.394 e. The molecule has 0 spiro atoms. The number of nitrogens with zero attached hydrogens (tertiary/aromatic N) is 4. The molecule has 2 aliphatic heterocycles. The minimum atomic E-state index is -1.54. The molecule has 0 aliphatic carbocycles. The van der Waals surface area contributed by atoms with E-state index in [1.165, 1.54) is 24.1 Å². The van der Waals surface area contributed by atoms with E-state index in [4.69, 9.17) is 10.5 Å². The summed E-state index contributed by atoms with van der Waals surface area (Å²) in [6, 6.07) is -0.531. The van der Waals surface area contributed by atoms with Gasteiger partial charge in [-0.3, -0.25) is 0 Å². The molecule has 1 fully saturated rings. The van der Waals surface area contributed by atoms with Gasteiger partial charge in [-0.05, 0) is 11.9 Å². The van der Waals surface area contributed by atoms with E-state index in [0.717, 1.165) is 0 Å². The minimum absolute atomic E-state index is 0.218. The topological polar surface area (TPSA) is 138 Å². The molecule has 108 valence electrons. The average molecular weight is 282 g/mol. The summed E-state index contributed by atoms with van der Waals surface area (Å²) in [4.78, 5) is 7.95. The Kier molecular flexibility index (Phi) is 2.94. The Labute approximate surface area is 114 Å². The van der Waals surface area contributed by atoms with Crippen LogP contribution in [0, 0.1) is 0 Å². The molecule has 1 saturated heterocycles. The van der Waals surface area contributed by atoms with Crippen LogP contribution < -0.4 is 10.4 Å². The van der Waals surface area contributed by atoms with Crippen molar-refractivity contribution in [1.29, 1.82) is 0 Å². The summed E-state index contributed by atoms with van der Waals surface area (Å²) in [6.07, 6.45) is -0.0447. The van der Waals surface area contributed by atoms with Crippen molar-refractivity contribution in [2.45, 2.75) is 36.9 Å². The van der Waals surface area contributed by atoms with Crippen molar-refractivity contribution in [2.75, 3.05) is 12.3 Å². The highest BCUT2D eigenvalue weighted by Gasteiger charge is 2.58. The number of anilines is 1. The molecule has 5 atom stereocenters. The Hall–Kier alpha value is -1.68. The van der Waals surface area contributed by atoms with Gasteiger partial charge in [0.05, 0.1) is 6.61 Å². The van der Waals surface area contributed by atoms with Gasteiger partial charge in [0.25, 0.3) is 0 Å². The quantitative estimate of drug-likeness (QED) is 0.439. The number of nitrogens with two attached hydrogens (primary N) is 1. The fourth-order valence-electron chi connectivity index (χ4n) is 2.65. The van der Waals surface area contributed by atoms with Gasteiger partial charge < -0.3 is 25.8 Å². The lowest BCUT2D eigenvalue weighted by Crippen LogP contribution is -2.56. The normalized spacial score (nSPS) is 39.2. The SMILES string of the molecule is C[C@@]1(O)[C@H](O)[C@@H](CO)O[C@H]1C1C=Nc2c(N)ncn[n+]21. The van der Waals surface area contributed by atoms with E-state index in [-0.39, 0.29) is 12.4 Å². The summed E-state index contributed by atoms with van der Waals surface area (Å²) < 4.78 is 7.04. The zero-order chi connectivity index (χ0) is 14.5. The van der Waals surface area contributed by atoms with Gasteiger partial charge in [0.2, 0.25) is 11.9 Å². The van der Waals surface area contributed by atoms with Crippen molar-refractivity contribution in [3.63, 3.8) is 0 Å². The van der Waals surface area contributed by atoms with Crippen LogP contribution in [0.1, 0.15) is 13.0 Å². The number of hydrogen-bond acceptors (Lipinski definition) is 8. The van der Waals surface area contributed by atoms with Crippen LogP contribution in [0.5, 0.6) is 0 Å². The molecule has 3 heterocycles. The van der Waals surface area contributed by atoms with Gasteiger partial charge in [-0.25, -0.2) is 4.98 Å². The predicted octanol–water partition coefficient (Wildman–Crippen LogP) is -2.53. The van der Waals surface area contributed by atoms with Crippen molar-refractivity contribution in [3.05, 3.63) is 6.33 Å². The molecular weight excluding hydrogens is 266 g/mol. The van der Waals surface area contributed by atoms with Crippen LogP contribution >= 0.6 is 0 Å². The Balaban J connectivity index is 1.97. The molecular formula is C11H16N5O4+. The molecule has 1 aromatic heterocycles. The van der Waals surface area contributed by atoms with Crippen LogP contribution in [0.2, 0.25) is 0 Å².